The van der Waals surface area contributed by atoms with Crippen molar-refractivity contribution in [3.8, 4) is 0 Å². The number of carbonyl (C=O) groups excluding carboxylic acids is 1. The van der Waals surface area contributed by atoms with Gasteiger partial charge in [0.05, 0.1) is 0 Å². The number of benzene rings is 3. The number of rotatable bonds is 2. The van der Waals surface area contributed by atoms with Gasteiger partial charge in [0.25, 0.3) is 5.91 Å². The molecule has 0 unspecified atom stereocenters. The lowest BCUT2D eigenvalue weighted by Crippen LogP contribution is -2.12. The molecule has 3 aromatic carbocycles. The molecule has 0 fully saturated rings. The molecule has 0 saturated heterocycles. The van der Waals surface area contributed by atoms with Crippen molar-refractivity contribution in [3.05, 3.63) is 71.8 Å². The summed E-state index contributed by atoms with van der Waals surface area (Å²) in [6.07, 6.45) is 0. The first-order valence-corrected chi connectivity index (χ1v) is 6.80. The van der Waals surface area contributed by atoms with E-state index in [4.69, 9.17) is 5.73 Å². The van der Waals surface area contributed by atoms with Crippen molar-refractivity contribution in [2.75, 3.05) is 11.1 Å². The van der Waals surface area contributed by atoms with Gasteiger partial charge in [0, 0.05) is 16.9 Å². The lowest BCUT2D eigenvalue weighted by Gasteiger charge is -2.08. The summed E-state index contributed by atoms with van der Waals surface area (Å²) in [6, 6.07) is 19.1. The van der Waals surface area contributed by atoms with Gasteiger partial charge >= 0.3 is 0 Å². The molecule has 1 amide bonds. The second-order valence-electron chi connectivity index (χ2n) is 5.09. The van der Waals surface area contributed by atoms with Crippen LogP contribution < -0.4 is 11.1 Å². The van der Waals surface area contributed by atoms with Gasteiger partial charge in [-0.3, -0.25) is 4.79 Å². The number of carbonyl (C=O) groups is 1. The Morgan fingerprint density at radius 1 is 0.952 bits per heavy atom. The van der Waals surface area contributed by atoms with E-state index >= 15 is 0 Å². The molecule has 0 spiro atoms. The minimum absolute atomic E-state index is 0.120. The molecule has 3 rings (SSSR count). The number of hydrogen-bond acceptors (Lipinski definition) is 2. The Morgan fingerprint density at radius 3 is 2.48 bits per heavy atom. The van der Waals surface area contributed by atoms with Crippen molar-refractivity contribution in [3.63, 3.8) is 0 Å². The fraction of sp³-hybridized carbons (Fsp3) is 0.0556. The summed E-state index contributed by atoms with van der Waals surface area (Å²) in [5, 5.41) is 5.07. The second-order valence-corrected chi connectivity index (χ2v) is 5.09. The highest BCUT2D eigenvalue weighted by Gasteiger charge is 2.07. The number of hydrogen-bond donors (Lipinski definition) is 2. The van der Waals surface area contributed by atoms with Crippen LogP contribution >= 0.6 is 0 Å². The standard InChI is InChI=1S/C18H16N2O/c1-12-10-16(8-9-17(12)19)20-18(21)15-7-6-13-4-2-3-5-14(13)11-15/h2-11H,19H2,1H3,(H,20,21). The summed E-state index contributed by atoms with van der Waals surface area (Å²) in [5.74, 6) is -0.120. The maximum atomic E-state index is 12.3. The molecule has 3 nitrogen and oxygen atoms in total. The molecular weight excluding hydrogens is 260 g/mol. The van der Waals surface area contributed by atoms with Crippen molar-refractivity contribution in [2.24, 2.45) is 0 Å². The highest BCUT2D eigenvalue weighted by molar-refractivity contribution is 6.06. The quantitative estimate of drug-likeness (QED) is 0.695. The van der Waals surface area contributed by atoms with Crippen LogP contribution in [0.5, 0.6) is 0 Å². The molecule has 3 N–H and O–H groups in total. The van der Waals surface area contributed by atoms with Gasteiger partial charge in [-0.15, -0.1) is 0 Å². The highest BCUT2D eigenvalue weighted by Crippen LogP contribution is 2.19. The number of fused-ring (bicyclic) bond motifs is 1. The molecule has 0 radical (unpaired) electrons. The minimum atomic E-state index is -0.120. The van der Waals surface area contributed by atoms with Gasteiger partial charge in [-0.05, 0) is 53.6 Å². The maximum absolute atomic E-state index is 12.3. The largest absolute Gasteiger partial charge is 0.399 e. The molecule has 0 aliphatic heterocycles. The highest BCUT2D eigenvalue weighted by atomic mass is 16.1. The summed E-state index contributed by atoms with van der Waals surface area (Å²) < 4.78 is 0. The zero-order valence-electron chi connectivity index (χ0n) is 11.8. The second kappa shape index (κ2) is 5.29. The predicted octanol–water partition coefficient (Wildman–Crippen LogP) is 3.98. The van der Waals surface area contributed by atoms with Crippen molar-refractivity contribution in [1.82, 2.24) is 0 Å². The van der Waals surface area contributed by atoms with Crippen LogP contribution in [0.1, 0.15) is 15.9 Å². The first kappa shape index (κ1) is 13.2. The molecule has 0 aromatic heterocycles. The van der Waals surface area contributed by atoms with E-state index in [1.807, 2.05) is 55.5 Å². The van der Waals surface area contributed by atoms with Crippen LogP contribution in [0.15, 0.2) is 60.7 Å². The Balaban J connectivity index is 1.87. The van der Waals surface area contributed by atoms with Gasteiger partial charge in [0.15, 0.2) is 0 Å². The predicted molar refractivity (Wildman–Crippen MR) is 87.5 cm³/mol. The molecule has 21 heavy (non-hydrogen) atoms. The van der Waals surface area contributed by atoms with E-state index in [1.165, 1.54) is 0 Å². The third-order valence-corrected chi connectivity index (χ3v) is 3.54. The Kier molecular flexibility index (Phi) is 3.32. The molecule has 0 saturated carbocycles. The third-order valence-electron chi connectivity index (χ3n) is 3.54. The Hall–Kier alpha value is -2.81. The van der Waals surface area contributed by atoms with Crippen LogP contribution in [-0.2, 0) is 0 Å². The monoisotopic (exact) mass is 276 g/mol. The van der Waals surface area contributed by atoms with Crippen molar-refractivity contribution in [2.45, 2.75) is 6.92 Å². The van der Waals surface area contributed by atoms with E-state index in [2.05, 4.69) is 5.32 Å². The molecule has 3 heteroatoms. The first-order chi connectivity index (χ1) is 10.1. The molecule has 0 bridgehead atoms. The number of amides is 1. The third kappa shape index (κ3) is 2.72. The summed E-state index contributed by atoms with van der Waals surface area (Å²) in [6.45, 7) is 1.92. The smallest absolute Gasteiger partial charge is 0.255 e. The van der Waals surface area contributed by atoms with Crippen molar-refractivity contribution >= 4 is 28.1 Å². The fourth-order valence-electron chi connectivity index (χ4n) is 2.29. The number of nitrogens with one attached hydrogen (secondary N) is 1. The van der Waals surface area contributed by atoms with Crippen molar-refractivity contribution in [1.29, 1.82) is 0 Å². The summed E-state index contributed by atoms with van der Waals surface area (Å²) >= 11 is 0. The van der Waals surface area contributed by atoms with Crippen LogP contribution in [0.2, 0.25) is 0 Å². The van der Waals surface area contributed by atoms with Crippen LogP contribution in [0.4, 0.5) is 11.4 Å². The molecule has 3 aromatic rings. The minimum Gasteiger partial charge on any atom is -0.399 e. The Labute approximate surface area is 123 Å². The molecule has 0 heterocycles. The lowest BCUT2D eigenvalue weighted by molar-refractivity contribution is 0.102. The average molecular weight is 276 g/mol. The molecule has 0 atom stereocenters. The number of nitrogen functional groups attached to an aromatic ring is 1. The van der Waals surface area contributed by atoms with Crippen LogP contribution in [0.25, 0.3) is 10.8 Å². The fourth-order valence-corrected chi connectivity index (χ4v) is 2.29. The van der Waals surface area contributed by atoms with E-state index in [0.717, 1.165) is 27.7 Å². The average Bonchev–Trinajstić information content (AvgIpc) is 2.50. The number of aryl methyl sites for hydroxylation is 1. The van der Waals surface area contributed by atoms with Gasteiger partial charge in [-0.2, -0.15) is 0 Å². The number of nitrogens with two attached hydrogens (primary N) is 1. The van der Waals surface area contributed by atoms with E-state index in [0.29, 0.717) is 5.56 Å². The SMILES string of the molecule is Cc1cc(NC(=O)c2ccc3ccccc3c2)ccc1N. The molecule has 0 aliphatic carbocycles. The molecular formula is C18H16N2O. The normalized spacial score (nSPS) is 10.5. The topological polar surface area (TPSA) is 55.1 Å². The van der Waals surface area contributed by atoms with Gasteiger partial charge in [-0.1, -0.05) is 30.3 Å². The summed E-state index contributed by atoms with van der Waals surface area (Å²) in [5.41, 5.74) is 8.84. The first-order valence-electron chi connectivity index (χ1n) is 6.80. The van der Waals surface area contributed by atoms with Gasteiger partial charge in [-0.25, -0.2) is 0 Å². The number of anilines is 2. The van der Waals surface area contributed by atoms with E-state index in [-0.39, 0.29) is 5.91 Å². The Morgan fingerprint density at radius 2 is 1.71 bits per heavy atom. The van der Waals surface area contributed by atoms with Gasteiger partial charge < -0.3 is 11.1 Å². The zero-order valence-corrected chi connectivity index (χ0v) is 11.8. The van der Waals surface area contributed by atoms with Crippen molar-refractivity contribution < 1.29 is 4.79 Å². The summed E-state index contributed by atoms with van der Waals surface area (Å²) in [4.78, 5) is 12.3. The van der Waals surface area contributed by atoms with Crippen LogP contribution in [0.3, 0.4) is 0 Å². The van der Waals surface area contributed by atoms with E-state index in [9.17, 15) is 4.79 Å². The Bertz CT molecular complexity index is 824. The molecule has 0 aliphatic rings. The van der Waals surface area contributed by atoms with Gasteiger partial charge in [0.1, 0.15) is 0 Å². The zero-order chi connectivity index (χ0) is 14.8. The van der Waals surface area contributed by atoms with E-state index in [1.54, 1.807) is 12.1 Å². The van der Waals surface area contributed by atoms with Crippen LogP contribution in [0, 0.1) is 6.92 Å². The molecule has 104 valence electrons. The van der Waals surface area contributed by atoms with E-state index < -0.39 is 0 Å². The summed E-state index contributed by atoms with van der Waals surface area (Å²) in [7, 11) is 0. The van der Waals surface area contributed by atoms with Gasteiger partial charge in [0.2, 0.25) is 0 Å². The van der Waals surface area contributed by atoms with Crippen LogP contribution in [-0.4, -0.2) is 5.91 Å². The maximum Gasteiger partial charge on any atom is 0.255 e. The lowest BCUT2D eigenvalue weighted by atomic mass is 10.1.